The van der Waals surface area contributed by atoms with Crippen LogP contribution in [0.2, 0.25) is 0 Å². The third-order valence-electron chi connectivity index (χ3n) is 5.49. The Kier molecular flexibility index (Phi) is 6.80. The Morgan fingerprint density at radius 1 is 1.06 bits per heavy atom. The summed E-state index contributed by atoms with van der Waals surface area (Å²) in [5, 5.41) is 10.1. The van der Waals surface area contributed by atoms with E-state index < -0.39 is 0 Å². The first-order chi connectivity index (χ1) is 15.0. The highest BCUT2D eigenvalue weighted by Gasteiger charge is 2.23. The number of aromatic nitrogens is 1. The minimum absolute atomic E-state index is 0.0133. The maximum absolute atomic E-state index is 12.7. The lowest BCUT2D eigenvalue weighted by Gasteiger charge is -2.34. The summed E-state index contributed by atoms with van der Waals surface area (Å²) < 4.78 is 0. The van der Waals surface area contributed by atoms with Crippen molar-refractivity contribution in [2.24, 2.45) is 0 Å². The summed E-state index contributed by atoms with van der Waals surface area (Å²) in [6, 6.07) is 8.04. The van der Waals surface area contributed by atoms with Crippen molar-refractivity contribution >= 4 is 40.2 Å². The van der Waals surface area contributed by atoms with E-state index in [9.17, 15) is 9.59 Å². The van der Waals surface area contributed by atoms with Crippen LogP contribution in [0.5, 0.6) is 0 Å². The molecule has 2 amide bonds. The lowest BCUT2D eigenvalue weighted by molar-refractivity contribution is -0.132. The summed E-state index contributed by atoms with van der Waals surface area (Å²) in [5.41, 5.74) is 4.96. The van der Waals surface area contributed by atoms with Crippen molar-refractivity contribution in [3.63, 3.8) is 0 Å². The highest BCUT2D eigenvalue weighted by Crippen LogP contribution is 2.26. The zero-order valence-electron chi connectivity index (χ0n) is 17.8. The summed E-state index contributed by atoms with van der Waals surface area (Å²) in [7, 11) is 0. The number of aryl methyl sites for hydroxylation is 2. The Labute approximate surface area is 190 Å². The second kappa shape index (κ2) is 9.72. The van der Waals surface area contributed by atoms with Crippen LogP contribution in [0, 0.1) is 13.8 Å². The first kappa shape index (κ1) is 21.7. The molecule has 1 saturated heterocycles. The number of hydrogen-bond donors (Lipinski definition) is 1. The van der Waals surface area contributed by atoms with E-state index in [2.05, 4.69) is 20.6 Å². The van der Waals surface area contributed by atoms with Crippen LogP contribution < -0.4 is 5.32 Å². The topological polar surface area (TPSA) is 65.5 Å². The number of anilines is 1. The SMILES string of the molecule is Cc1cccc(C)c1NC(=O)CN1CCN(C(=O)Cc2csc(-c3ccsc3)n2)CC1. The van der Waals surface area contributed by atoms with Gasteiger partial charge >= 0.3 is 0 Å². The molecule has 0 saturated carbocycles. The van der Waals surface area contributed by atoms with Gasteiger partial charge in [-0.15, -0.1) is 11.3 Å². The van der Waals surface area contributed by atoms with Crippen molar-refractivity contribution in [3.8, 4) is 10.6 Å². The van der Waals surface area contributed by atoms with Crippen LogP contribution in [-0.4, -0.2) is 59.3 Å². The Balaban J connectivity index is 1.25. The summed E-state index contributed by atoms with van der Waals surface area (Å²) in [6.07, 6.45) is 0.327. The first-order valence-electron chi connectivity index (χ1n) is 10.3. The molecule has 1 N–H and O–H groups in total. The quantitative estimate of drug-likeness (QED) is 0.615. The normalized spacial score (nSPS) is 14.6. The van der Waals surface area contributed by atoms with Crippen LogP contribution in [0.25, 0.3) is 10.6 Å². The number of piperazine rings is 1. The van der Waals surface area contributed by atoms with Gasteiger partial charge in [0.05, 0.1) is 18.7 Å². The van der Waals surface area contributed by atoms with Gasteiger partial charge in [-0.05, 0) is 36.4 Å². The van der Waals surface area contributed by atoms with Crippen LogP contribution in [-0.2, 0) is 16.0 Å². The summed E-state index contributed by atoms with van der Waals surface area (Å²) in [4.78, 5) is 33.8. The van der Waals surface area contributed by atoms with E-state index in [4.69, 9.17) is 0 Å². The number of amides is 2. The molecule has 8 heteroatoms. The number of carbonyl (C=O) groups excluding carboxylic acids is 2. The number of rotatable bonds is 6. The van der Waals surface area contributed by atoms with Gasteiger partial charge in [0.15, 0.2) is 0 Å². The Bertz CT molecular complexity index is 1030. The molecule has 3 heterocycles. The lowest BCUT2D eigenvalue weighted by Crippen LogP contribution is -2.50. The summed E-state index contributed by atoms with van der Waals surface area (Å²) >= 11 is 3.22. The van der Waals surface area contributed by atoms with Gasteiger partial charge < -0.3 is 10.2 Å². The van der Waals surface area contributed by atoms with E-state index in [0.29, 0.717) is 39.1 Å². The number of para-hydroxylation sites is 1. The average Bonchev–Trinajstić information content (AvgIpc) is 3.43. The number of nitrogens with one attached hydrogen (secondary N) is 1. The fourth-order valence-electron chi connectivity index (χ4n) is 3.72. The van der Waals surface area contributed by atoms with Crippen LogP contribution in [0.3, 0.4) is 0 Å². The molecule has 1 aliphatic rings. The van der Waals surface area contributed by atoms with Crippen LogP contribution in [0.4, 0.5) is 5.69 Å². The van der Waals surface area contributed by atoms with Gasteiger partial charge in [-0.2, -0.15) is 11.3 Å². The van der Waals surface area contributed by atoms with Gasteiger partial charge in [-0.25, -0.2) is 4.98 Å². The Hall–Kier alpha value is -2.55. The fraction of sp³-hybridized carbons (Fsp3) is 0.348. The molecule has 0 spiro atoms. The Morgan fingerprint density at radius 3 is 2.48 bits per heavy atom. The van der Waals surface area contributed by atoms with Gasteiger partial charge in [0.1, 0.15) is 5.01 Å². The monoisotopic (exact) mass is 454 g/mol. The van der Waals surface area contributed by atoms with Crippen molar-refractivity contribution < 1.29 is 9.59 Å². The molecule has 3 aromatic rings. The molecule has 1 aromatic carbocycles. The lowest BCUT2D eigenvalue weighted by atomic mass is 10.1. The van der Waals surface area contributed by atoms with E-state index in [-0.39, 0.29) is 11.8 Å². The Morgan fingerprint density at radius 2 is 1.81 bits per heavy atom. The zero-order chi connectivity index (χ0) is 21.8. The van der Waals surface area contributed by atoms with Gasteiger partial charge in [-0.3, -0.25) is 14.5 Å². The van der Waals surface area contributed by atoms with Crippen LogP contribution >= 0.6 is 22.7 Å². The maximum Gasteiger partial charge on any atom is 0.238 e. The van der Waals surface area contributed by atoms with Gasteiger partial charge in [0.25, 0.3) is 0 Å². The van der Waals surface area contributed by atoms with Crippen molar-refractivity contribution in [2.45, 2.75) is 20.3 Å². The van der Waals surface area contributed by atoms with E-state index in [1.54, 1.807) is 22.7 Å². The molecule has 1 fully saturated rings. The molecule has 0 unspecified atom stereocenters. The molecule has 4 rings (SSSR count). The zero-order valence-corrected chi connectivity index (χ0v) is 19.4. The molecular weight excluding hydrogens is 428 g/mol. The van der Waals surface area contributed by atoms with E-state index >= 15 is 0 Å². The molecule has 0 radical (unpaired) electrons. The predicted molar refractivity (Wildman–Crippen MR) is 127 cm³/mol. The van der Waals surface area contributed by atoms with Crippen molar-refractivity contribution in [1.82, 2.24) is 14.8 Å². The molecule has 0 aliphatic carbocycles. The molecule has 1 aliphatic heterocycles. The molecule has 0 bridgehead atoms. The van der Waals surface area contributed by atoms with Gasteiger partial charge in [-0.1, -0.05) is 18.2 Å². The molecular formula is C23H26N4O2S2. The highest BCUT2D eigenvalue weighted by molar-refractivity contribution is 7.14. The minimum atomic E-state index is -0.0133. The second-order valence-electron chi connectivity index (χ2n) is 7.80. The second-order valence-corrected chi connectivity index (χ2v) is 9.44. The van der Waals surface area contributed by atoms with Crippen molar-refractivity contribution in [3.05, 3.63) is 57.2 Å². The number of nitrogens with zero attached hydrogens (tertiary/aromatic N) is 3. The number of thiazole rings is 1. The van der Waals surface area contributed by atoms with E-state index in [1.165, 1.54) is 0 Å². The summed E-state index contributed by atoms with van der Waals surface area (Å²) in [5.74, 6) is 0.0856. The van der Waals surface area contributed by atoms with Crippen molar-refractivity contribution in [1.29, 1.82) is 0 Å². The van der Waals surface area contributed by atoms with Gasteiger partial charge in [0, 0.05) is 48.2 Å². The number of thiophene rings is 1. The number of carbonyl (C=O) groups is 2. The van der Waals surface area contributed by atoms with Crippen molar-refractivity contribution in [2.75, 3.05) is 38.0 Å². The van der Waals surface area contributed by atoms with Gasteiger partial charge in [0.2, 0.25) is 11.8 Å². The van der Waals surface area contributed by atoms with E-state index in [1.807, 2.05) is 53.8 Å². The number of hydrogen-bond acceptors (Lipinski definition) is 6. The maximum atomic E-state index is 12.7. The average molecular weight is 455 g/mol. The van der Waals surface area contributed by atoms with E-state index in [0.717, 1.165) is 33.1 Å². The third-order valence-corrected chi connectivity index (χ3v) is 7.11. The first-order valence-corrected chi connectivity index (χ1v) is 12.1. The van der Waals surface area contributed by atoms with Crippen LogP contribution in [0.1, 0.15) is 16.8 Å². The predicted octanol–water partition coefficient (Wildman–Crippen LogP) is 3.81. The molecule has 0 atom stereocenters. The smallest absolute Gasteiger partial charge is 0.238 e. The molecule has 31 heavy (non-hydrogen) atoms. The molecule has 6 nitrogen and oxygen atoms in total. The number of benzene rings is 1. The largest absolute Gasteiger partial charge is 0.340 e. The van der Waals surface area contributed by atoms with Crippen LogP contribution in [0.15, 0.2) is 40.4 Å². The standard InChI is InChI=1S/C23H26N4O2S2/c1-16-4-3-5-17(2)22(16)25-20(28)13-26-7-9-27(10-8-26)21(29)12-19-15-31-23(24-19)18-6-11-30-14-18/h3-6,11,14-15H,7-10,12-13H2,1-2H3,(H,25,28). The third kappa shape index (κ3) is 5.39. The summed E-state index contributed by atoms with van der Waals surface area (Å²) in [6.45, 7) is 7.00. The molecule has 162 valence electrons. The fourth-order valence-corrected chi connectivity index (χ4v) is 5.25. The highest BCUT2D eigenvalue weighted by atomic mass is 32.1. The molecule has 2 aromatic heterocycles. The minimum Gasteiger partial charge on any atom is -0.340 e.